The molecular formula is C31H32N2O5. The number of Topliss-reactive ketones (excluding diaryl/α,β-unsaturated/α-hetero) is 1. The summed E-state index contributed by atoms with van der Waals surface area (Å²) in [4.78, 5) is 45.3. The van der Waals surface area contributed by atoms with E-state index in [1.165, 1.54) is 11.0 Å². The number of pyridine rings is 1. The third-order valence-corrected chi connectivity index (χ3v) is 6.47. The van der Waals surface area contributed by atoms with Gasteiger partial charge in [0.15, 0.2) is 0 Å². The summed E-state index contributed by atoms with van der Waals surface area (Å²) in [6.45, 7) is 11.5. The Morgan fingerprint density at radius 2 is 1.76 bits per heavy atom. The molecular weight excluding hydrogens is 480 g/mol. The number of ether oxygens (including phenoxy) is 1. The zero-order valence-electron chi connectivity index (χ0n) is 22.5. The van der Waals surface area contributed by atoms with E-state index >= 15 is 0 Å². The number of aromatic nitrogens is 1. The van der Waals surface area contributed by atoms with Crippen molar-refractivity contribution in [2.45, 2.75) is 59.1 Å². The number of hydrogen-bond donors (Lipinski definition) is 1. The van der Waals surface area contributed by atoms with Crippen molar-refractivity contribution >= 4 is 29.1 Å². The number of rotatable bonds is 5. The van der Waals surface area contributed by atoms with Crippen LogP contribution in [0.2, 0.25) is 0 Å². The van der Waals surface area contributed by atoms with Gasteiger partial charge in [0.25, 0.3) is 11.7 Å². The van der Waals surface area contributed by atoms with E-state index in [0.717, 1.165) is 11.1 Å². The standard InChI is InChI=1S/C31H32N2O5/c1-18(2)38-30(37)20-10-9-11-22(16-20)33-26(24-12-7-8-15-32-24)25(28(35)29(33)36)27(34)23-17-21(31(4,5)6)14-13-19(23)3/h7-18,26,34H,1-6H3/b27-25+. The molecule has 1 fully saturated rings. The van der Waals surface area contributed by atoms with Crippen LogP contribution in [0.3, 0.4) is 0 Å². The fourth-order valence-corrected chi connectivity index (χ4v) is 4.47. The number of aryl methyl sites for hydroxylation is 1. The average Bonchev–Trinajstić information content (AvgIpc) is 3.13. The van der Waals surface area contributed by atoms with E-state index in [4.69, 9.17) is 4.74 Å². The van der Waals surface area contributed by atoms with Crippen LogP contribution in [0.5, 0.6) is 0 Å². The topological polar surface area (TPSA) is 96.8 Å². The van der Waals surface area contributed by atoms with Crippen LogP contribution in [0.15, 0.2) is 72.4 Å². The van der Waals surface area contributed by atoms with Crippen LogP contribution in [0.4, 0.5) is 5.69 Å². The molecule has 7 nitrogen and oxygen atoms in total. The SMILES string of the molecule is Cc1ccc(C(C)(C)C)cc1/C(O)=C1\C(=O)C(=O)N(c2cccc(C(=O)OC(C)C)c2)C1c1ccccn1. The van der Waals surface area contributed by atoms with Gasteiger partial charge in [0.05, 0.1) is 22.9 Å². The number of carbonyl (C=O) groups is 3. The van der Waals surface area contributed by atoms with E-state index in [1.54, 1.807) is 56.4 Å². The van der Waals surface area contributed by atoms with Crippen LogP contribution in [0, 0.1) is 6.92 Å². The number of esters is 1. The highest BCUT2D eigenvalue weighted by atomic mass is 16.5. The molecule has 2 heterocycles. The van der Waals surface area contributed by atoms with Crippen molar-refractivity contribution in [1.29, 1.82) is 0 Å². The first kappa shape index (κ1) is 26.8. The number of aliphatic hydroxyl groups excluding tert-OH is 1. The number of carbonyl (C=O) groups excluding carboxylic acids is 3. The van der Waals surface area contributed by atoms with Crippen molar-refractivity contribution in [2.24, 2.45) is 0 Å². The van der Waals surface area contributed by atoms with Gasteiger partial charge < -0.3 is 9.84 Å². The van der Waals surface area contributed by atoms with Gasteiger partial charge in [-0.25, -0.2) is 4.79 Å². The second-order valence-electron chi connectivity index (χ2n) is 10.7. The number of ketones is 1. The lowest BCUT2D eigenvalue weighted by atomic mass is 9.84. The Hall–Kier alpha value is -4.26. The second-order valence-corrected chi connectivity index (χ2v) is 10.7. The summed E-state index contributed by atoms with van der Waals surface area (Å²) in [6.07, 6.45) is 1.25. The van der Waals surface area contributed by atoms with E-state index in [2.05, 4.69) is 25.8 Å². The third kappa shape index (κ3) is 5.09. The minimum Gasteiger partial charge on any atom is -0.507 e. The number of amides is 1. The zero-order valence-corrected chi connectivity index (χ0v) is 22.5. The van der Waals surface area contributed by atoms with Gasteiger partial charge in [-0.3, -0.25) is 19.5 Å². The fraction of sp³-hybridized carbons (Fsp3) is 0.290. The lowest BCUT2D eigenvalue weighted by molar-refractivity contribution is -0.132. The maximum Gasteiger partial charge on any atom is 0.338 e. The highest BCUT2D eigenvalue weighted by molar-refractivity contribution is 6.51. The zero-order chi connectivity index (χ0) is 27.8. The predicted molar refractivity (Wildman–Crippen MR) is 146 cm³/mol. The molecule has 0 bridgehead atoms. The Labute approximate surface area is 222 Å². The fourth-order valence-electron chi connectivity index (χ4n) is 4.47. The first-order valence-electron chi connectivity index (χ1n) is 12.5. The smallest absolute Gasteiger partial charge is 0.338 e. The maximum atomic E-state index is 13.5. The summed E-state index contributed by atoms with van der Waals surface area (Å²) < 4.78 is 5.31. The van der Waals surface area contributed by atoms with Crippen LogP contribution in [-0.4, -0.2) is 33.9 Å². The molecule has 1 saturated heterocycles. The Morgan fingerprint density at radius 3 is 2.39 bits per heavy atom. The molecule has 3 aromatic rings. The third-order valence-electron chi connectivity index (χ3n) is 6.47. The molecule has 1 amide bonds. The summed E-state index contributed by atoms with van der Waals surface area (Å²) in [7, 11) is 0. The van der Waals surface area contributed by atoms with Gasteiger partial charge in [-0.2, -0.15) is 0 Å². The quantitative estimate of drug-likeness (QED) is 0.198. The summed E-state index contributed by atoms with van der Waals surface area (Å²) in [5, 5.41) is 11.6. The minimum absolute atomic E-state index is 0.0574. The van der Waals surface area contributed by atoms with Gasteiger partial charge in [0.1, 0.15) is 11.8 Å². The van der Waals surface area contributed by atoms with Gasteiger partial charge >= 0.3 is 5.97 Å². The highest BCUT2D eigenvalue weighted by Gasteiger charge is 2.48. The number of anilines is 1. The lowest BCUT2D eigenvalue weighted by Crippen LogP contribution is -2.30. The summed E-state index contributed by atoms with van der Waals surface area (Å²) in [5.41, 5.74) is 2.94. The number of benzene rings is 2. The van der Waals surface area contributed by atoms with Gasteiger partial charge in [-0.15, -0.1) is 0 Å². The Morgan fingerprint density at radius 1 is 1.03 bits per heavy atom. The van der Waals surface area contributed by atoms with E-state index in [1.807, 2.05) is 25.1 Å². The van der Waals surface area contributed by atoms with Gasteiger partial charge in [-0.05, 0) is 73.7 Å². The molecule has 1 atom stereocenters. The van der Waals surface area contributed by atoms with Crippen molar-refractivity contribution < 1.29 is 24.2 Å². The molecule has 0 saturated carbocycles. The lowest BCUT2D eigenvalue weighted by Gasteiger charge is -2.25. The molecule has 0 aliphatic carbocycles. The molecule has 1 unspecified atom stereocenters. The largest absolute Gasteiger partial charge is 0.507 e. The van der Waals surface area contributed by atoms with E-state index < -0.39 is 23.7 Å². The molecule has 7 heteroatoms. The molecule has 4 rings (SSSR count). The molecule has 0 spiro atoms. The Kier molecular flexibility index (Phi) is 7.22. The van der Waals surface area contributed by atoms with Crippen LogP contribution in [0.1, 0.15) is 73.4 Å². The number of aliphatic hydroxyl groups is 1. The molecule has 0 radical (unpaired) electrons. The van der Waals surface area contributed by atoms with E-state index in [9.17, 15) is 19.5 Å². The molecule has 1 aromatic heterocycles. The normalized spacial score (nSPS) is 17.2. The minimum atomic E-state index is -0.995. The van der Waals surface area contributed by atoms with E-state index in [-0.39, 0.29) is 28.4 Å². The molecule has 2 aromatic carbocycles. The first-order valence-corrected chi connectivity index (χ1v) is 12.5. The molecule has 1 aliphatic heterocycles. The molecule has 196 valence electrons. The highest BCUT2D eigenvalue weighted by Crippen LogP contribution is 2.42. The number of nitrogens with zero attached hydrogens (tertiary/aromatic N) is 2. The van der Waals surface area contributed by atoms with Crippen LogP contribution in [-0.2, 0) is 19.7 Å². The first-order chi connectivity index (χ1) is 17.9. The molecule has 1 aliphatic rings. The van der Waals surface area contributed by atoms with Crippen LogP contribution < -0.4 is 4.90 Å². The van der Waals surface area contributed by atoms with Crippen molar-refractivity contribution in [2.75, 3.05) is 4.90 Å². The second kappa shape index (κ2) is 10.2. The van der Waals surface area contributed by atoms with Crippen molar-refractivity contribution in [3.8, 4) is 0 Å². The summed E-state index contributed by atoms with van der Waals surface area (Å²) in [5.74, 6) is -2.45. The average molecular weight is 513 g/mol. The predicted octanol–water partition coefficient (Wildman–Crippen LogP) is 5.88. The van der Waals surface area contributed by atoms with Crippen molar-refractivity contribution in [3.63, 3.8) is 0 Å². The summed E-state index contributed by atoms with van der Waals surface area (Å²) in [6, 6.07) is 16.3. The van der Waals surface area contributed by atoms with Crippen molar-refractivity contribution in [1.82, 2.24) is 4.98 Å². The van der Waals surface area contributed by atoms with E-state index in [0.29, 0.717) is 16.9 Å². The summed E-state index contributed by atoms with van der Waals surface area (Å²) >= 11 is 0. The van der Waals surface area contributed by atoms with Crippen molar-refractivity contribution in [3.05, 3.63) is 100 Å². The van der Waals surface area contributed by atoms with Gasteiger partial charge in [0, 0.05) is 17.4 Å². The molecule has 38 heavy (non-hydrogen) atoms. The molecule has 1 N–H and O–H groups in total. The Bertz CT molecular complexity index is 1430. The van der Waals surface area contributed by atoms with Gasteiger partial charge in [0.2, 0.25) is 0 Å². The maximum absolute atomic E-state index is 13.5. The monoisotopic (exact) mass is 512 g/mol. The number of hydrogen-bond acceptors (Lipinski definition) is 6. The van der Waals surface area contributed by atoms with Gasteiger partial charge in [-0.1, -0.05) is 45.0 Å². The Balaban J connectivity index is 1.92. The van der Waals surface area contributed by atoms with Crippen LogP contribution >= 0.6 is 0 Å². The van der Waals surface area contributed by atoms with Crippen LogP contribution in [0.25, 0.3) is 5.76 Å².